The molecule has 0 atom stereocenters. The van der Waals surface area contributed by atoms with E-state index in [1.807, 2.05) is 6.07 Å². The lowest BCUT2D eigenvalue weighted by Crippen LogP contribution is -2.29. The van der Waals surface area contributed by atoms with Crippen LogP contribution in [-0.4, -0.2) is 33.7 Å². The fourth-order valence-corrected chi connectivity index (χ4v) is 4.89. The number of para-hydroxylation sites is 1. The molecule has 1 aliphatic rings. The average Bonchev–Trinajstić information content (AvgIpc) is 3.37. The maximum atomic E-state index is 12.6. The minimum absolute atomic E-state index is 0.159. The lowest BCUT2D eigenvalue weighted by atomic mass is 10.1. The third kappa shape index (κ3) is 5.93. The van der Waals surface area contributed by atoms with E-state index in [1.165, 1.54) is 29.1 Å². The Morgan fingerprint density at radius 3 is 2.09 bits per heavy atom. The van der Waals surface area contributed by atoms with E-state index in [1.54, 1.807) is 48.5 Å². The third-order valence-electron chi connectivity index (χ3n) is 5.85. The molecule has 33 heavy (non-hydrogen) atoms. The largest absolute Gasteiger partial charge is 0.372 e. The zero-order valence-corrected chi connectivity index (χ0v) is 19.6. The first-order chi connectivity index (χ1) is 15.9. The molecule has 0 spiro atoms. The van der Waals surface area contributed by atoms with E-state index >= 15 is 0 Å². The van der Waals surface area contributed by atoms with Crippen molar-refractivity contribution in [3.63, 3.8) is 0 Å². The number of nitrogens with one attached hydrogen (secondary N) is 1. The minimum atomic E-state index is -3.44. The Morgan fingerprint density at radius 1 is 0.879 bits per heavy atom. The van der Waals surface area contributed by atoms with Crippen LogP contribution in [0.3, 0.4) is 0 Å². The van der Waals surface area contributed by atoms with Gasteiger partial charge in [-0.2, -0.15) is 0 Å². The summed E-state index contributed by atoms with van der Waals surface area (Å²) in [6.45, 7) is 2.88. The summed E-state index contributed by atoms with van der Waals surface area (Å²) in [6.07, 6.45) is 3.68. The highest BCUT2D eigenvalue weighted by atomic mass is 32.2. The maximum Gasteiger partial charge on any atom is 0.251 e. The van der Waals surface area contributed by atoms with Gasteiger partial charge in [0.25, 0.3) is 5.91 Å². The van der Waals surface area contributed by atoms with Gasteiger partial charge in [-0.15, -0.1) is 0 Å². The molecule has 1 amide bonds. The number of hydrogen-bond donors (Lipinski definition) is 1. The fraction of sp³-hybridized carbons (Fsp3) is 0.269. The summed E-state index contributed by atoms with van der Waals surface area (Å²) in [7, 11) is -3.44. The number of anilines is 2. The number of benzene rings is 3. The van der Waals surface area contributed by atoms with Crippen molar-refractivity contribution in [1.82, 2.24) is 5.32 Å². The van der Waals surface area contributed by atoms with Crippen molar-refractivity contribution in [2.45, 2.75) is 25.9 Å². The molecule has 0 radical (unpaired) electrons. The number of carbonyl (C=O) groups is 1. The Morgan fingerprint density at radius 2 is 1.48 bits per heavy atom. The van der Waals surface area contributed by atoms with Gasteiger partial charge < -0.3 is 10.2 Å². The van der Waals surface area contributed by atoms with Crippen molar-refractivity contribution in [1.29, 1.82) is 0 Å². The van der Waals surface area contributed by atoms with Crippen LogP contribution in [0.5, 0.6) is 0 Å². The van der Waals surface area contributed by atoms with Crippen LogP contribution in [0.15, 0.2) is 78.9 Å². The monoisotopic (exact) mass is 463 g/mol. The van der Waals surface area contributed by atoms with Gasteiger partial charge >= 0.3 is 0 Å². The summed E-state index contributed by atoms with van der Waals surface area (Å²) < 4.78 is 25.9. The Labute approximate surface area is 195 Å². The zero-order valence-electron chi connectivity index (χ0n) is 18.8. The normalized spacial score (nSPS) is 13.7. The van der Waals surface area contributed by atoms with Gasteiger partial charge in [-0.25, -0.2) is 8.42 Å². The molecule has 3 aromatic carbocycles. The number of amides is 1. The van der Waals surface area contributed by atoms with Gasteiger partial charge in [-0.1, -0.05) is 42.5 Å². The second kappa shape index (κ2) is 10.1. The van der Waals surface area contributed by atoms with Gasteiger partial charge in [-0.3, -0.25) is 9.10 Å². The smallest absolute Gasteiger partial charge is 0.251 e. The topological polar surface area (TPSA) is 69.7 Å². The van der Waals surface area contributed by atoms with E-state index in [9.17, 15) is 13.2 Å². The summed E-state index contributed by atoms with van der Waals surface area (Å²) in [4.78, 5) is 15.0. The van der Waals surface area contributed by atoms with Crippen molar-refractivity contribution in [2.75, 3.05) is 28.6 Å². The van der Waals surface area contributed by atoms with Gasteiger partial charge in [0.1, 0.15) is 0 Å². The first-order valence-corrected chi connectivity index (χ1v) is 13.0. The molecule has 1 fully saturated rings. The molecule has 1 aliphatic heterocycles. The molecule has 7 heteroatoms. The van der Waals surface area contributed by atoms with Crippen LogP contribution in [0.1, 0.15) is 34.3 Å². The number of carbonyl (C=O) groups excluding carboxylic acids is 1. The molecular weight excluding hydrogens is 434 g/mol. The number of rotatable bonds is 8. The lowest BCUT2D eigenvalue weighted by molar-refractivity contribution is 0.0951. The van der Waals surface area contributed by atoms with E-state index in [2.05, 4.69) is 34.5 Å². The number of hydrogen-bond acceptors (Lipinski definition) is 4. The van der Waals surface area contributed by atoms with Crippen LogP contribution in [0.4, 0.5) is 11.4 Å². The summed E-state index contributed by atoms with van der Waals surface area (Å²) in [5.41, 5.74) is 4.24. The Kier molecular flexibility index (Phi) is 6.99. The van der Waals surface area contributed by atoms with E-state index in [4.69, 9.17) is 0 Å². The predicted molar refractivity (Wildman–Crippen MR) is 133 cm³/mol. The SMILES string of the molecule is CS(=O)(=O)N(Cc1ccc(C(=O)NCc2ccc(N3CCCC3)cc2)cc1)c1ccccc1. The first kappa shape index (κ1) is 22.9. The molecule has 1 saturated heterocycles. The standard InChI is InChI=1S/C26H29N3O3S/c1-33(31,32)29(25-7-3-2-4-8-25)20-22-9-13-23(14-10-22)26(30)27-19-21-11-15-24(16-12-21)28-17-5-6-18-28/h2-4,7-16H,5-6,17-20H2,1H3,(H,27,30). The minimum Gasteiger partial charge on any atom is -0.372 e. The Bertz CT molecular complexity index is 1170. The van der Waals surface area contributed by atoms with Gasteiger partial charge in [0.2, 0.25) is 10.0 Å². The highest BCUT2D eigenvalue weighted by Gasteiger charge is 2.18. The van der Waals surface area contributed by atoms with Crippen molar-refractivity contribution in [3.8, 4) is 0 Å². The first-order valence-electron chi connectivity index (χ1n) is 11.1. The van der Waals surface area contributed by atoms with Gasteiger partial charge in [0.15, 0.2) is 0 Å². The molecule has 1 heterocycles. The van der Waals surface area contributed by atoms with Crippen LogP contribution in [-0.2, 0) is 23.1 Å². The van der Waals surface area contributed by atoms with Crippen LogP contribution >= 0.6 is 0 Å². The molecule has 0 bridgehead atoms. The Hall–Kier alpha value is -3.32. The third-order valence-corrected chi connectivity index (χ3v) is 6.99. The van der Waals surface area contributed by atoms with Crippen molar-refractivity contribution >= 4 is 27.3 Å². The van der Waals surface area contributed by atoms with E-state index < -0.39 is 10.0 Å². The quantitative estimate of drug-likeness (QED) is 0.544. The van der Waals surface area contributed by atoms with Crippen LogP contribution in [0.2, 0.25) is 0 Å². The summed E-state index contributed by atoms with van der Waals surface area (Å²) in [5, 5.41) is 2.96. The number of nitrogens with zero attached hydrogens (tertiary/aromatic N) is 2. The Balaban J connectivity index is 1.36. The molecule has 6 nitrogen and oxygen atoms in total. The maximum absolute atomic E-state index is 12.6. The molecule has 0 aromatic heterocycles. The van der Waals surface area contributed by atoms with Crippen molar-refractivity contribution in [3.05, 3.63) is 95.6 Å². The highest BCUT2D eigenvalue weighted by molar-refractivity contribution is 7.92. The predicted octanol–water partition coefficient (Wildman–Crippen LogP) is 4.18. The second-order valence-corrected chi connectivity index (χ2v) is 10.3. The lowest BCUT2D eigenvalue weighted by Gasteiger charge is -2.22. The molecule has 3 aromatic rings. The molecule has 0 aliphatic carbocycles. The fourth-order valence-electron chi connectivity index (χ4n) is 4.01. The summed E-state index contributed by atoms with van der Waals surface area (Å²) >= 11 is 0. The summed E-state index contributed by atoms with van der Waals surface area (Å²) in [5.74, 6) is -0.159. The van der Waals surface area contributed by atoms with E-state index in [0.717, 1.165) is 24.2 Å². The average molecular weight is 464 g/mol. The van der Waals surface area contributed by atoms with Crippen LogP contribution in [0.25, 0.3) is 0 Å². The van der Waals surface area contributed by atoms with E-state index in [0.29, 0.717) is 17.8 Å². The number of sulfonamides is 1. The zero-order chi connectivity index (χ0) is 23.3. The van der Waals surface area contributed by atoms with E-state index in [-0.39, 0.29) is 12.5 Å². The molecule has 1 N–H and O–H groups in total. The molecule has 0 saturated carbocycles. The van der Waals surface area contributed by atoms with Gasteiger partial charge in [0, 0.05) is 30.9 Å². The van der Waals surface area contributed by atoms with Crippen molar-refractivity contribution < 1.29 is 13.2 Å². The second-order valence-electron chi connectivity index (χ2n) is 8.35. The highest BCUT2D eigenvalue weighted by Crippen LogP contribution is 2.21. The molecule has 172 valence electrons. The molecule has 4 rings (SSSR count). The van der Waals surface area contributed by atoms with Gasteiger partial charge in [0.05, 0.1) is 18.5 Å². The van der Waals surface area contributed by atoms with Crippen LogP contribution in [0, 0.1) is 0 Å². The van der Waals surface area contributed by atoms with Crippen LogP contribution < -0.4 is 14.5 Å². The van der Waals surface area contributed by atoms with Crippen molar-refractivity contribution in [2.24, 2.45) is 0 Å². The molecular formula is C26H29N3O3S. The van der Waals surface area contributed by atoms with Gasteiger partial charge in [-0.05, 0) is 60.4 Å². The summed E-state index contributed by atoms with van der Waals surface area (Å²) in [6, 6.07) is 24.4. The molecule has 0 unspecified atom stereocenters.